The molecule has 9 rings (SSSR count). The largest absolute Gasteiger partial charge is 0.472 e. The lowest BCUT2D eigenvalue weighted by Crippen LogP contribution is -2.18. The molecule has 1 aliphatic rings. The van der Waals surface area contributed by atoms with E-state index in [4.69, 9.17) is 17.7 Å². The fourth-order valence-corrected chi connectivity index (χ4v) is 6.20. The summed E-state index contributed by atoms with van der Waals surface area (Å²) in [5.74, 6) is 0. The van der Waals surface area contributed by atoms with Crippen LogP contribution < -0.4 is 21.4 Å². The molecule has 4 N–H and O–H groups in total. The highest BCUT2D eigenvalue weighted by Crippen LogP contribution is 2.28. The van der Waals surface area contributed by atoms with Crippen LogP contribution in [0.15, 0.2) is 141 Å². The Hall–Kier alpha value is -6.28. The summed E-state index contributed by atoms with van der Waals surface area (Å²) in [4.78, 5) is 14.8. The minimum absolute atomic E-state index is 0.937. The van der Waals surface area contributed by atoms with Gasteiger partial charge in [0.25, 0.3) is 0 Å². The molecule has 0 saturated heterocycles. The van der Waals surface area contributed by atoms with Crippen molar-refractivity contribution in [3.05, 3.63) is 189 Å². The number of fused-ring (bicyclic) bond motifs is 8. The van der Waals surface area contributed by atoms with Crippen molar-refractivity contribution in [3.63, 3.8) is 0 Å². The molecule has 1 aliphatic heterocycles. The molecule has 44 heavy (non-hydrogen) atoms. The fraction of sp³-hybridized carbons (Fsp3) is 0. The number of aromatic nitrogens is 4. The minimum Gasteiger partial charge on any atom is -0.472 e. The van der Waals surface area contributed by atoms with Gasteiger partial charge in [-0.15, -0.1) is 0 Å². The molecule has 8 aromatic heterocycles. The number of hydrogen-bond donors (Lipinski definition) is 4. The minimum atomic E-state index is 0.937. The number of aromatic amines is 4. The van der Waals surface area contributed by atoms with E-state index in [9.17, 15) is 0 Å². The number of nitrogens with one attached hydrogen (secondary N) is 4. The summed E-state index contributed by atoms with van der Waals surface area (Å²) in [6.07, 6.45) is 13.8. The van der Waals surface area contributed by atoms with Crippen molar-refractivity contribution in [2.45, 2.75) is 0 Å². The Kier molecular flexibility index (Phi) is 5.33. The molecule has 8 heteroatoms. The van der Waals surface area contributed by atoms with E-state index in [1.54, 1.807) is 50.1 Å². The second-order valence-corrected chi connectivity index (χ2v) is 10.7. The van der Waals surface area contributed by atoms with Gasteiger partial charge in [-0.1, -0.05) is 0 Å². The summed E-state index contributed by atoms with van der Waals surface area (Å²) in [5, 5.41) is 3.75. The van der Waals surface area contributed by atoms with Crippen LogP contribution in [0.1, 0.15) is 45.0 Å². The van der Waals surface area contributed by atoms with E-state index in [1.807, 2.05) is 24.3 Å². The lowest BCUT2D eigenvalue weighted by molar-refractivity contribution is 0.566. The Balaban J connectivity index is 1.44. The average Bonchev–Trinajstić information content (AvgIpc) is 3.90. The van der Waals surface area contributed by atoms with Crippen molar-refractivity contribution in [2.75, 3.05) is 0 Å². The van der Waals surface area contributed by atoms with Gasteiger partial charge in [-0.3, -0.25) is 0 Å². The Bertz CT molecular complexity index is 2130. The van der Waals surface area contributed by atoms with Gasteiger partial charge >= 0.3 is 0 Å². The summed E-state index contributed by atoms with van der Waals surface area (Å²) in [6, 6.07) is 24.7. The van der Waals surface area contributed by atoms with E-state index >= 15 is 0 Å². The van der Waals surface area contributed by atoms with Gasteiger partial charge < -0.3 is 37.6 Å². The second-order valence-electron chi connectivity index (χ2n) is 10.7. The number of rotatable bonds is 4. The molecule has 0 spiro atoms. The summed E-state index contributed by atoms with van der Waals surface area (Å²) in [5.41, 5.74) is 11.5. The van der Waals surface area contributed by atoms with E-state index in [-0.39, 0.29) is 0 Å². The molecular formula is C36H24N4O4. The highest BCUT2D eigenvalue weighted by molar-refractivity contribution is 5.84. The first-order valence-electron chi connectivity index (χ1n) is 14.2. The number of hydrogen-bond acceptors (Lipinski definition) is 4. The predicted octanol–water partition coefficient (Wildman–Crippen LogP) is 4.67. The Morgan fingerprint density at radius 1 is 0.295 bits per heavy atom. The Morgan fingerprint density at radius 2 is 0.568 bits per heavy atom. The van der Waals surface area contributed by atoms with Crippen LogP contribution in [0, 0.1) is 0 Å². The van der Waals surface area contributed by atoms with Gasteiger partial charge in [-0.25, -0.2) is 0 Å². The lowest BCUT2D eigenvalue weighted by Gasteiger charge is -2.06. The van der Waals surface area contributed by atoms with Gasteiger partial charge in [0, 0.05) is 88.7 Å². The second kappa shape index (κ2) is 9.64. The highest BCUT2D eigenvalue weighted by atomic mass is 16.3. The lowest BCUT2D eigenvalue weighted by atomic mass is 10.1. The molecule has 0 saturated carbocycles. The molecule has 0 unspecified atom stereocenters. The molecule has 0 fully saturated rings. The van der Waals surface area contributed by atoms with Gasteiger partial charge in [0.2, 0.25) is 0 Å². The quantitative estimate of drug-likeness (QED) is 0.244. The predicted molar refractivity (Wildman–Crippen MR) is 163 cm³/mol. The van der Waals surface area contributed by atoms with Crippen molar-refractivity contribution in [1.29, 1.82) is 0 Å². The fourth-order valence-electron chi connectivity index (χ4n) is 6.20. The first-order valence-corrected chi connectivity index (χ1v) is 14.2. The molecule has 0 radical (unpaired) electrons. The van der Waals surface area contributed by atoms with E-state index in [1.165, 1.54) is 0 Å². The smallest absolute Gasteiger partial charge is 0.0982 e. The standard InChI is InChI=1S/C36H24N4O4/c1-2-26-34(22-10-14-42-18-22)28-5-6-30(39-28)36(24-12-16-44-20-24)32-8-7-31(40-32)35(23-11-15-43-19-23)29-4-3-27(38-29)33(25(1)37-26)21-9-13-41-17-21/h1-20,37-40H. The molecule has 0 atom stereocenters. The van der Waals surface area contributed by atoms with Crippen LogP contribution in [-0.4, -0.2) is 19.9 Å². The first-order chi connectivity index (χ1) is 21.8. The first kappa shape index (κ1) is 24.3. The van der Waals surface area contributed by atoms with Crippen molar-refractivity contribution >= 4 is 22.3 Å². The van der Waals surface area contributed by atoms with Crippen molar-refractivity contribution in [1.82, 2.24) is 19.9 Å². The van der Waals surface area contributed by atoms with Crippen LogP contribution in [0.2, 0.25) is 0 Å². The number of H-pyrrole nitrogens is 4. The maximum Gasteiger partial charge on any atom is 0.0982 e. The van der Waals surface area contributed by atoms with Crippen LogP contribution >= 0.6 is 0 Å². The van der Waals surface area contributed by atoms with E-state index in [0.29, 0.717) is 0 Å². The highest BCUT2D eigenvalue weighted by Gasteiger charge is 2.19. The molecule has 212 valence electrons. The molecule has 8 nitrogen and oxygen atoms in total. The van der Waals surface area contributed by atoms with Crippen molar-refractivity contribution in [2.24, 2.45) is 0 Å². The topological polar surface area (TPSA) is 116 Å². The van der Waals surface area contributed by atoms with E-state index in [2.05, 4.69) is 68.5 Å². The summed E-state index contributed by atoms with van der Waals surface area (Å²) < 4.78 is 22.2. The van der Waals surface area contributed by atoms with Gasteiger partial charge in [0.1, 0.15) is 0 Å². The summed E-state index contributed by atoms with van der Waals surface area (Å²) in [7, 11) is 0. The number of furan rings is 4. The van der Waals surface area contributed by atoms with Gasteiger partial charge in [0.05, 0.1) is 50.1 Å². The van der Waals surface area contributed by atoms with E-state index < -0.39 is 0 Å². The molecule has 8 aromatic rings. The van der Waals surface area contributed by atoms with Crippen LogP contribution in [0.25, 0.3) is 22.3 Å². The Morgan fingerprint density at radius 3 is 0.795 bits per heavy atom. The Labute approximate surface area is 249 Å². The van der Waals surface area contributed by atoms with Gasteiger partial charge in [-0.2, -0.15) is 0 Å². The molecule has 9 heterocycles. The summed E-state index contributed by atoms with van der Waals surface area (Å²) in [6.45, 7) is 0. The van der Waals surface area contributed by atoms with Gasteiger partial charge in [0.15, 0.2) is 0 Å². The maximum atomic E-state index is 5.54. The molecular weight excluding hydrogens is 552 g/mol. The van der Waals surface area contributed by atoms with Crippen LogP contribution in [-0.2, 0) is 0 Å². The third-order valence-corrected chi connectivity index (χ3v) is 8.14. The zero-order valence-electron chi connectivity index (χ0n) is 23.2. The molecule has 0 amide bonds. The van der Waals surface area contributed by atoms with E-state index in [0.717, 1.165) is 88.7 Å². The monoisotopic (exact) mass is 576 g/mol. The SMILES string of the molecule is c1cc(C2=c3ccc([nH]3)=C(c3ccoc3)c3ccc([nH]3)C(c3ccoc3)=c3ccc([nH]3)=C(c3ccoc3)c3ccc2[nH]3)co1. The third-order valence-electron chi connectivity index (χ3n) is 8.14. The van der Waals surface area contributed by atoms with Crippen LogP contribution in [0.5, 0.6) is 0 Å². The van der Waals surface area contributed by atoms with Gasteiger partial charge in [-0.05, 0) is 72.8 Å². The van der Waals surface area contributed by atoms with Crippen LogP contribution in [0.3, 0.4) is 0 Å². The normalized spacial score (nSPS) is 13.3. The molecule has 0 aliphatic carbocycles. The average molecular weight is 577 g/mol. The van der Waals surface area contributed by atoms with Crippen molar-refractivity contribution < 1.29 is 17.7 Å². The molecule has 0 aromatic carbocycles. The molecule has 8 bridgehead atoms. The van der Waals surface area contributed by atoms with Crippen LogP contribution in [0.4, 0.5) is 0 Å². The zero-order chi connectivity index (χ0) is 29.0. The van der Waals surface area contributed by atoms with Crippen molar-refractivity contribution in [3.8, 4) is 0 Å². The zero-order valence-corrected chi connectivity index (χ0v) is 23.2. The summed E-state index contributed by atoms with van der Waals surface area (Å²) >= 11 is 0. The maximum absolute atomic E-state index is 5.54. The third kappa shape index (κ3) is 3.85.